The van der Waals surface area contributed by atoms with Crippen molar-refractivity contribution >= 4 is 17.5 Å². The van der Waals surface area contributed by atoms with Crippen molar-refractivity contribution in [2.45, 2.75) is 45.1 Å². The molecule has 1 rings (SSSR count). The Morgan fingerprint density at radius 3 is 2.39 bits per heavy atom. The first-order valence-corrected chi connectivity index (χ1v) is 7.79. The molecule has 0 spiro atoms. The third-order valence-corrected chi connectivity index (χ3v) is 3.68. The summed E-state index contributed by atoms with van der Waals surface area (Å²) in [6.07, 6.45) is 3.77. The van der Waals surface area contributed by atoms with Crippen LogP contribution < -0.4 is 15.8 Å². The Morgan fingerprint density at radius 1 is 1.22 bits per heavy atom. The summed E-state index contributed by atoms with van der Waals surface area (Å²) in [6, 6.07) is 6.74. The van der Waals surface area contributed by atoms with Crippen LogP contribution in [0.25, 0.3) is 0 Å². The van der Waals surface area contributed by atoms with Gasteiger partial charge in [-0.05, 0) is 37.6 Å². The summed E-state index contributed by atoms with van der Waals surface area (Å²) in [5.41, 5.74) is 4.80. The molecule has 1 aromatic carbocycles. The van der Waals surface area contributed by atoms with Gasteiger partial charge in [-0.1, -0.05) is 26.2 Å². The number of carbonyl (C=O) groups excluding carboxylic acids is 2. The van der Waals surface area contributed by atoms with Crippen LogP contribution in [0.15, 0.2) is 24.3 Å². The lowest BCUT2D eigenvalue weighted by Gasteiger charge is -2.27. The zero-order valence-corrected chi connectivity index (χ0v) is 14.1. The molecule has 0 unspecified atom stereocenters. The predicted molar refractivity (Wildman–Crippen MR) is 89.3 cm³/mol. The van der Waals surface area contributed by atoms with Crippen molar-refractivity contribution in [2.24, 2.45) is 5.73 Å². The summed E-state index contributed by atoms with van der Waals surface area (Å²) in [7, 11) is 1.55. The van der Waals surface area contributed by atoms with E-state index in [1.165, 1.54) is 0 Å². The molecule has 1 aromatic rings. The minimum atomic E-state index is -0.851. The summed E-state index contributed by atoms with van der Waals surface area (Å²) in [5, 5.41) is 2.84. The summed E-state index contributed by atoms with van der Waals surface area (Å²) in [6.45, 7) is 3.74. The van der Waals surface area contributed by atoms with Crippen molar-refractivity contribution in [3.05, 3.63) is 24.3 Å². The van der Waals surface area contributed by atoms with Crippen molar-refractivity contribution in [1.29, 1.82) is 0 Å². The maximum absolute atomic E-state index is 12.4. The van der Waals surface area contributed by atoms with Gasteiger partial charge < -0.3 is 20.5 Å². The molecule has 128 valence electrons. The third kappa shape index (κ3) is 6.28. The molecule has 2 amide bonds. The number of primary amides is 1. The average molecular weight is 322 g/mol. The molecular formula is C17H26N2O4. The van der Waals surface area contributed by atoms with Crippen LogP contribution in [0.3, 0.4) is 0 Å². The number of hydrogen-bond donors (Lipinski definition) is 2. The molecule has 0 saturated heterocycles. The molecule has 3 N–H and O–H groups in total. The van der Waals surface area contributed by atoms with Crippen molar-refractivity contribution in [3.8, 4) is 5.75 Å². The normalized spacial score (nSPS) is 13.2. The minimum absolute atomic E-state index is 0.176. The number of carbonyl (C=O) groups is 2. The van der Waals surface area contributed by atoms with Gasteiger partial charge in [0.25, 0.3) is 11.8 Å². The molecule has 0 saturated carbocycles. The Kier molecular flexibility index (Phi) is 7.54. The molecule has 6 nitrogen and oxygen atoms in total. The SMILES string of the molecule is CCCCC[C@@](C)(OC)C(=O)Nc1ccc(OCC(N)=O)cc1. The van der Waals surface area contributed by atoms with E-state index in [0.29, 0.717) is 17.9 Å². The van der Waals surface area contributed by atoms with Gasteiger partial charge in [0.1, 0.15) is 11.4 Å². The van der Waals surface area contributed by atoms with Crippen LogP contribution in [-0.4, -0.2) is 31.1 Å². The number of nitrogens with two attached hydrogens (primary N) is 1. The highest BCUT2D eigenvalue weighted by atomic mass is 16.5. The number of hydrogen-bond acceptors (Lipinski definition) is 4. The number of ether oxygens (including phenoxy) is 2. The van der Waals surface area contributed by atoms with E-state index in [1.54, 1.807) is 38.3 Å². The van der Waals surface area contributed by atoms with Crippen LogP contribution in [0, 0.1) is 0 Å². The second-order valence-electron chi connectivity index (χ2n) is 5.63. The van der Waals surface area contributed by atoms with E-state index in [9.17, 15) is 9.59 Å². The summed E-state index contributed by atoms with van der Waals surface area (Å²) in [4.78, 5) is 23.1. The van der Waals surface area contributed by atoms with Crippen LogP contribution in [0.4, 0.5) is 5.69 Å². The van der Waals surface area contributed by atoms with Crippen LogP contribution in [0.2, 0.25) is 0 Å². The quantitative estimate of drug-likeness (QED) is 0.647. The molecule has 1 atom stereocenters. The lowest BCUT2D eigenvalue weighted by atomic mass is 9.97. The highest BCUT2D eigenvalue weighted by Crippen LogP contribution is 2.22. The maximum atomic E-state index is 12.4. The summed E-state index contributed by atoms with van der Waals surface area (Å²) < 4.78 is 10.6. The first kappa shape index (κ1) is 19.0. The maximum Gasteiger partial charge on any atom is 0.256 e. The summed E-state index contributed by atoms with van der Waals surface area (Å²) >= 11 is 0. The van der Waals surface area contributed by atoms with E-state index in [-0.39, 0.29) is 12.5 Å². The molecule has 0 aromatic heterocycles. The molecule has 0 aliphatic rings. The van der Waals surface area contributed by atoms with E-state index < -0.39 is 11.5 Å². The van der Waals surface area contributed by atoms with E-state index in [1.807, 2.05) is 0 Å². The highest BCUT2D eigenvalue weighted by Gasteiger charge is 2.32. The van der Waals surface area contributed by atoms with Crippen molar-refractivity contribution in [2.75, 3.05) is 19.0 Å². The molecular weight excluding hydrogens is 296 g/mol. The molecule has 6 heteroatoms. The zero-order chi connectivity index (χ0) is 17.3. The van der Waals surface area contributed by atoms with Gasteiger partial charge in [0.05, 0.1) is 0 Å². The second kappa shape index (κ2) is 9.15. The Hall–Kier alpha value is -2.08. The van der Waals surface area contributed by atoms with Gasteiger partial charge in [0, 0.05) is 12.8 Å². The fourth-order valence-corrected chi connectivity index (χ4v) is 2.07. The van der Waals surface area contributed by atoms with Crippen molar-refractivity contribution in [3.63, 3.8) is 0 Å². The predicted octanol–water partition coefficient (Wildman–Crippen LogP) is 2.47. The molecule has 0 aliphatic carbocycles. The van der Waals surface area contributed by atoms with Crippen LogP contribution >= 0.6 is 0 Å². The van der Waals surface area contributed by atoms with Gasteiger partial charge in [-0.15, -0.1) is 0 Å². The monoisotopic (exact) mass is 322 g/mol. The lowest BCUT2D eigenvalue weighted by molar-refractivity contribution is -0.136. The Bertz CT molecular complexity index is 516. The number of methoxy groups -OCH3 is 1. The summed E-state index contributed by atoms with van der Waals surface area (Å²) in [5.74, 6) is -0.202. The van der Waals surface area contributed by atoms with Crippen LogP contribution in [-0.2, 0) is 14.3 Å². The molecule has 0 heterocycles. The molecule has 0 fully saturated rings. The van der Waals surface area contributed by atoms with Gasteiger partial charge in [-0.3, -0.25) is 9.59 Å². The number of rotatable bonds is 10. The van der Waals surface area contributed by atoms with Gasteiger partial charge >= 0.3 is 0 Å². The average Bonchev–Trinajstić information content (AvgIpc) is 2.54. The van der Waals surface area contributed by atoms with E-state index in [0.717, 1.165) is 19.3 Å². The standard InChI is InChI=1S/C17H26N2O4/c1-4-5-6-11-17(2,22-3)16(21)19-13-7-9-14(10-8-13)23-12-15(18)20/h7-10H,4-6,11-12H2,1-3H3,(H2,18,20)(H,19,21)/t17-/m1/s1. The van der Waals surface area contributed by atoms with Crippen LogP contribution in [0.1, 0.15) is 39.5 Å². The number of amides is 2. The molecule has 23 heavy (non-hydrogen) atoms. The number of nitrogens with one attached hydrogen (secondary N) is 1. The van der Waals surface area contributed by atoms with Gasteiger partial charge in [0.15, 0.2) is 6.61 Å². The topological polar surface area (TPSA) is 90.7 Å². The Morgan fingerprint density at radius 2 is 1.87 bits per heavy atom. The Labute approximate surface area is 137 Å². The number of benzene rings is 1. The van der Waals surface area contributed by atoms with Crippen molar-refractivity contribution in [1.82, 2.24) is 0 Å². The lowest BCUT2D eigenvalue weighted by Crippen LogP contribution is -2.41. The second-order valence-corrected chi connectivity index (χ2v) is 5.63. The van der Waals surface area contributed by atoms with Gasteiger partial charge in [-0.25, -0.2) is 0 Å². The fourth-order valence-electron chi connectivity index (χ4n) is 2.07. The molecule has 0 radical (unpaired) electrons. The smallest absolute Gasteiger partial charge is 0.256 e. The largest absolute Gasteiger partial charge is 0.484 e. The highest BCUT2D eigenvalue weighted by molar-refractivity contribution is 5.97. The van der Waals surface area contributed by atoms with E-state index in [4.69, 9.17) is 15.2 Å². The first-order chi connectivity index (χ1) is 10.9. The van der Waals surface area contributed by atoms with E-state index in [2.05, 4.69) is 12.2 Å². The first-order valence-electron chi connectivity index (χ1n) is 7.79. The minimum Gasteiger partial charge on any atom is -0.484 e. The number of anilines is 1. The molecule has 0 aliphatic heterocycles. The Balaban J connectivity index is 2.62. The number of unbranched alkanes of at least 4 members (excludes halogenated alkanes) is 2. The third-order valence-electron chi connectivity index (χ3n) is 3.68. The van der Waals surface area contributed by atoms with Crippen molar-refractivity contribution < 1.29 is 19.1 Å². The van der Waals surface area contributed by atoms with Gasteiger partial charge in [-0.2, -0.15) is 0 Å². The van der Waals surface area contributed by atoms with Crippen LogP contribution in [0.5, 0.6) is 5.75 Å². The molecule has 0 bridgehead atoms. The van der Waals surface area contributed by atoms with Gasteiger partial charge in [0.2, 0.25) is 0 Å². The zero-order valence-electron chi connectivity index (χ0n) is 14.1. The van der Waals surface area contributed by atoms with E-state index >= 15 is 0 Å². The fraction of sp³-hybridized carbons (Fsp3) is 0.529.